The van der Waals surface area contributed by atoms with E-state index in [0.717, 1.165) is 10.4 Å². The van der Waals surface area contributed by atoms with Gasteiger partial charge >= 0.3 is 0 Å². The third-order valence-corrected chi connectivity index (χ3v) is 7.57. The summed E-state index contributed by atoms with van der Waals surface area (Å²) in [5.41, 5.74) is 1.19. The van der Waals surface area contributed by atoms with Gasteiger partial charge in [0.05, 0.1) is 13.2 Å². The predicted octanol–water partition coefficient (Wildman–Crippen LogP) is 2.99. The zero-order valence-corrected chi connectivity index (χ0v) is 18.2. The highest BCUT2D eigenvalue weighted by Crippen LogP contribution is 2.24. The van der Waals surface area contributed by atoms with E-state index in [0.29, 0.717) is 42.9 Å². The van der Waals surface area contributed by atoms with Gasteiger partial charge in [0.2, 0.25) is 10.0 Å². The summed E-state index contributed by atoms with van der Waals surface area (Å²) in [7, 11) is -3.66. The van der Waals surface area contributed by atoms with E-state index in [2.05, 4.69) is 15.3 Å². The molecule has 4 rings (SSSR count). The van der Waals surface area contributed by atoms with Crippen molar-refractivity contribution in [3.63, 3.8) is 0 Å². The fraction of sp³-hybridized carbons (Fsp3) is 0.263. The molecule has 1 aromatic carbocycles. The van der Waals surface area contributed by atoms with Crippen molar-refractivity contribution in [2.45, 2.75) is 11.3 Å². The van der Waals surface area contributed by atoms with Crippen LogP contribution in [0.3, 0.4) is 0 Å². The molecule has 0 atom stereocenters. The van der Waals surface area contributed by atoms with Gasteiger partial charge in [-0.1, -0.05) is 23.7 Å². The van der Waals surface area contributed by atoms with E-state index in [9.17, 15) is 13.2 Å². The summed E-state index contributed by atoms with van der Waals surface area (Å²) in [4.78, 5) is 20.5. The molecule has 1 fully saturated rings. The number of H-pyrrole nitrogens is 1. The molecule has 0 unspecified atom stereocenters. The molecule has 30 heavy (non-hydrogen) atoms. The van der Waals surface area contributed by atoms with E-state index in [4.69, 9.17) is 16.3 Å². The van der Waals surface area contributed by atoms with Gasteiger partial charge in [-0.25, -0.2) is 13.4 Å². The van der Waals surface area contributed by atoms with Crippen molar-refractivity contribution < 1.29 is 17.9 Å². The number of hydrogen-bond donors (Lipinski definition) is 2. The average molecular weight is 467 g/mol. The van der Waals surface area contributed by atoms with Crippen LogP contribution in [0.2, 0.25) is 5.02 Å². The number of carbonyl (C=O) groups is 1. The van der Waals surface area contributed by atoms with Crippen LogP contribution in [-0.2, 0) is 21.2 Å². The van der Waals surface area contributed by atoms with Crippen molar-refractivity contribution in [3.05, 3.63) is 63.9 Å². The topological polar surface area (TPSA) is 104 Å². The molecular formula is C19H19ClN4O4S2. The second kappa shape index (κ2) is 8.86. The lowest BCUT2D eigenvalue weighted by molar-refractivity contribution is 0.0730. The first-order valence-corrected chi connectivity index (χ1v) is 11.8. The van der Waals surface area contributed by atoms with E-state index < -0.39 is 15.9 Å². The maximum atomic E-state index is 12.7. The maximum Gasteiger partial charge on any atom is 0.273 e. The van der Waals surface area contributed by atoms with Crippen LogP contribution in [-0.4, -0.2) is 54.9 Å². The number of amides is 1. The molecule has 1 saturated heterocycles. The number of aromatic nitrogens is 2. The third kappa shape index (κ3) is 4.73. The largest absolute Gasteiger partial charge is 0.379 e. The number of sulfonamides is 1. The van der Waals surface area contributed by atoms with E-state index in [1.807, 2.05) is 24.3 Å². The average Bonchev–Trinajstić information content (AvgIpc) is 3.39. The molecule has 0 saturated carbocycles. The normalized spacial score (nSPS) is 15.2. The molecule has 2 N–H and O–H groups in total. The number of aromatic amines is 1. The molecule has 11 heteroatoms. The summed E-state index contributed by atoms with van der Waals surface area (Å²) in [5.74, 6) is -0.456. The minimum absolute atomic E-state index is 0.0512. The molecule has 0 bridgehead atoms. The quantitative estimate of drug-likeness (QED) is 0.581. The number of nitrogens with zero attached hydrogens (tertiary/aromatic N) is 2. The Hall–Kier alpha value is -2.24. The van der Waals surface area contributed by atoms with E-state index in [1.165, 1.54) is 27.9 Å². The van der Waals surface area contributed by atoms with Crippen molar-refractivity contribution in [2.24, 2.45) is 0 Å². The smallest absolute Gasteiger partial charge is 0.273 e. The van der Waals surface area contributed by atoms with Crippen LogP contribution in [0.1, 0.15) is 20.9 Å². The SMILES string of the molecule is O=C(Nc1ncc(Cc2cccc(Cl)c2)s1)c1cc(S(=O)(=O)N2CCOCC2)c[nH]1. The number of benzene rings is 1. The number of ether oxygens (including phenoxy) is 1. The Labute approximate surface area is 182 Å². The van der Waals surface area contributed by atoms with Crippen molar-refractivity contribution in [2.75, 3.05) is 31.6 Å². The number of nitrogens with one attached hydrogen (secondary N) is 2. The van der Waals surface area contributed by atoms with Crippen LogP contribution in [0.25, 0.3) is 0 Å². The van der Waals surface area contributed by atoms with Gasteiger partial charge in [0.1, 0.15) is 10.6 Å². The molecule has 158 valence electrons. The summed E-state index contributed by atoms with van der Waals surface area (Å²) < 4.78 is 31.9. The summed E-state index contributed by atoms with van der Waals surface area (Å²) in [6.07, 6.45) is 3.68. The predicted molar refractivity (Wildman–Crippen MR) is 115 cm³/mol. The lowest BCUT2D eigenvalue weighted by Gasteiger charge is -2.25. The highest BCUT2D eigenvalue weighted by atomic mass is 35.5. The molecule has 8 nitrogen and oxygen atoms in total. The van der Waals surface area contributed by atoms with E-state index in [1.54, 1.807) is 6.20 Å². The highest BCUT2D eigenvalue weighted by Gasteiger charge is 2.28. The zero-order chi connectivity index (χ0) is 21.1. The molecule has 1 amide bonds. The van der Waals surface area contributed by atoms with Crippen molar-refractivity contribution in [1.29, 1.82) is 0 Å². The summed E-state index contributed by atoms with van der Waals surface area (Å²) in [6.45, 7) is 1.31. The molecule has 0 spiro atoms. The van der Waals surface area contributed by atoms with Gasteiger partial charge in [-0.3, -0.25) is 10.1 Å². The Balaban J connectivity index is 1.42. The van der Waals surface area contributed by atoms with Crippen molar-refractivity contribution in [1.82, 2.24) is 14.3 Å². The van der Waals surface area contributed by atoms with E-state index in [-0.39, 0.29) is 10.6 Å². The Bertz CT molecular complexity index is 1150. The van der Waals surface area contributed by atoms with Crippen LogP contribution < -0.4 is 5.32 Å². The molecule has 1 aliphatic heterocycles. The molecule has 0 aliphatic carbocycles. The zero-order valence-electron chi connectivity index (χ0n) is 15.8. The highest BCUT2D eigenvalue weighted by molar-refractivity contribution is 7.89. The second-order valence-electron chi connectivity index (χ2n) is 6.66. The van der Waals surface area contributed by atoms with Gasteiger partial charge in [-0.05, 0) is 23.8 Å². The first-order chi connectivity index (χ1) is 14.4. The second-order valence-corrected chi connectivity index (χ2v) is 10.1. The monoisotopic (exact) mass is 466 g/mol. The Morgan fingerprint density at radius 2 is 2.10 bits per heavy atom. The number of carbonyl (C=O) groups excluding carboxylic acids is 1. The molecule has 3 heterocycles. The van der Waals surface area contributed by atoms with Crippen molar-refractivity contribution >= 4 is 44.0 Å². The fourth-order valence-electron chi connectivity index (χ4n) is 3.05. The first kappa shape index (κ1) is 21.0. The summed E-state index contributed by atoms with van der Waals surface area (Å²) >= 11 is 7.36. The van der Waals surface area contributed by atoms with Gasteiger partial charge in [-0.2, -0.15) is 4.31 Å². The first-order valence-electron chi connectivity index (χ1n) is 9.18. The lowest BCUT2D eigenvalue weighted by atomic mass is 10.1. The number of anilines is 1. The standard InChI is InChI=1S/C19H19ClN4O4S2/c20-14-3-1-2-13(8-14)9-15-11-22-19(29-15)23-18(25)17-10-16(12-21-17)30(26,27)24-4-6-28-7-5-24/h1-3,8,10-12,21H,4-7,9H2,(H,22,23,25). The summed E-state index contributed by atoms with van der Waals surface area (Å²) in [5, 5.41) is 3.80. The Morgan fingerprint density at radius 3 is 2.87 bits per heavy atom. The minimum Gasteiger partial charge on any atom is -0.379 e. The van der Waals surface area contributed by atoms with Gasteiger partial charge in [0, 0.05) is 41.8 Å². The van der Waals surface area contributed by atoms with Gasteiger partial charge < -0.3 is 9.72 Å². The van der Waals surface area contributed by atoms with Gasteiger partial charge in [-0.15, -0.1) is 11.3 Å². The lowest BCUT2D eigenvalue weighted by Crippen LogP contribution is -2.40. The number of thiazole rings is 1. The molecule has 3 aromatic rings. The Morgan fingerprint density at radius 1 is 1.30 bits per heavy atom. The Kier molecular flexibility index (Phi) is 6.21. The molecule has 1 aliphatic rings. The molecule has 0 radical (unpaired) electrons. The number of rotatable bonds is 6. The third-order valence-electron chi connectivity index (χ3n) is 4.55. The molecule has 2 aromatic heterocycles. The number of halogens is 1. The molecular weight excluding hydrogens is 448 g/mol. The van der Waals surface area contributed by atoms with E-state index >= 15 is 0 Å². The van der Waals surface area contributed by atoms with Crippen LogP contribution >= 0.6 is 22.9 Å². The maximum absolute atomic E-state index is 12.7. The van der Waals surface area contributed by atoms with Crippen LogP contribution in [0.4, 0.5) is 5.13 Å². The van der Waals surface area contributed by atoms with Crippen LogP contribution in [0.5, 0.6) is 0 Å². The van der Waals surface area contributed by atoms with Gasteiger partial charge in [0.15, 0.2) is 5.13 Å². The minimum atomic E-state index is -3.66. The summed E-state index contributed by atoms with van der Waals surface area (Å²) in [6, 6.07) is 8.89. The fourth-order valence-corrected chi connectivity index (χ4v) is 5.51. The number of hydrogen-bond acceptors (Lipinski definition) is 6. The van der Waals surface area contributed by atoms with Gasteiger partial charge in [0.25, 0.3) is 5.91 Å². The van der Waals surface area contributed by atoms with Crippen LogP contribution in [0, 0.1) is 0 Å². The van der Waals surface area contributed by atoms with Crippen molar-refractivity contribution in [3.8, 4) is 0 Å². The van der Waals surface area contributed by atoms with Crippen LogP contribution in [0.15, 0.2) is 47.6 Å². The number of morpholine rings is 1.